The summed E-state index contributed by atoms with van der Waals surface area (Å²) in [4.78, 5) is 11.9. The zero-order valence-electron chi connectivity index (χ0n) is 11.0. The number of nitrogens with two attached hydrogens (primary N) is 1. The Morgan fingerprint density at radius 3 is 2.40 bits per heavy atom. The molecule has 1 aliphatic rings. The normalized spacial score (nSPS) is 21.2. The second-order valence-electron chi connectivity index (χ2n) is 4.73. The van der Waals surface area contributed by atoms with E-state index in [2.05, 4.69) is 10.1 Å². The van der Waals surface area contributed by atoms with Gasteiger partial charge in [-0.1, -0.05) is 0 Å². The number of hydrogen-bond donors (Lipinski definition) is 2. The number of ether oxygens (including phenoxy) is 1. The van der Waals surface area contributed by atoms with Crippen LogP contribution in [-0.4, -0.2) is 19.1 Å². The molecule has 1 aliphatic carbocycles. The summed E-state index contributed by atoms with van der Waals surface area (Å²) < 4.78 is 31.5. The molecule has 3 N–H and O–H groups in total. The molecule has 112 valence electrons. The average molecular weight is 307 g/mol. The first-order valence-electron chi connectivity index (χ1n) is 6.10. The van der Waals surface area contributed by atoms with Crippen LogP contribution in [0.25, 0.3) is 0 Å². The molecule has 0 bridgehead atoms. The smallest absolute Gasteiger partial charge is 0.227 e. The molecule has 0 saturated heterocycles. The van der Waals surface area contributed by atoms with Crippen molar-refractivity contribution in [2.24, 2.45) is 11.7 Å². The van der Waals surface area contributed by atoms with E-state index in [1.165, 1.54) is 7.11 Å². The van der Waals surface area contributed by atoms with E-state index < -0.39 is 17.4 Å². The molecule has 20 heavy (non-hydrogen) atoms. The molecule has 0 aromatic heterocycles. The summed E-state index contributed by atoms with van der Waals surface area (Å²) in [5.41, 5.74) is 5.81. The molecule has 0 spiro atoms. The van der Waals surface area contributed by atoms with Crippen molar-refractivity contribution < 1.29 is 18.3 Å². The summed E-state index contributed by atoms with van der Waals surface area (Å²) in [6.07, 6.45) is 2.10. The third kappa shape index (κ3) is 3.58. The van der Waals surface area contributed by atoms with Gasteiger partial charge in [-0.15, -0.1) is 12.4 Å². The number of amides is 1. The number of methoxy groups -OCH3 is 1. The Kier molecular flexibility index (Phi) is 5.71. The van der Waals surface area contributed by atoms with Crippen molar-refractivity contribution in [3.8, 4) is 5.75 Å². The van der Waals surface area contributed by atoms with Crippen LogP contribution in [0.2, 0.25) is 0 Å². The van der Waals surface area contributed by atoms with Crippen molar-refractivity contribution in [3.63, 3.8) is 0 Å². The van der Waals surface area contributed by atoms with Crippen LogP contribution in [0.5, 0.6) is 5.75 Å². The summed E-state index contributed by atoms with van der Waals surface area (Å²) in [5.74, 6) is -2.59. The average Bonchev–Trinajstić information content (AvgIpc) is 2.75. The highest BCUT2D eigenvalue weighted by Gasteiger charge is 2.28. The van der Waals surface area contributed by atoms with Crippen LogP contribution in [0.15, 0.2) is 12.1 Å². The van der Waals surface area contributed by atoms with Gasteiger partial charge in [0.1, 0.15) is 0 Å². The van der Waals surface area contributed by atoms with Gasteiger partial charge in [-0.3, -0.25) is 4.79 Å². The molecule has 2 unspecified atom stereocenters. The number of halogens is 3. The van der Waals surface area contributed by atoms with Gasteiger partial charge in [-0.2, -0.15) is 0 Å². The van der Waals surface area contributed by atoms with Gasteiger partial charge >= 0.3 is 0 Å². The van der Waals surface area contributed by atoms with Gasteiger partial charge in [-0.05, 0) is 19.3 Å². The van der Waals surface area contributed by atoms with E-state index in [4.69, 9.17) is 5.73 Å². The van der Waals surface area contributed by atoms with Gasteiger partial charge < -0.3 is 15.8 Å². The Balaban J connectivity index is 0.00000200. The van der Waals surface area contributed by atoms with Crippen LogP contribution < -0.4 is 15.8 Å². The second-order valence-corrected chi connectivity index (χ2v) is 4.73. The molecule has 0 heterocycles. The summed E-state index contributed by atoms with van der Waals surface area (Å²) in [6, 6.07) is 2.10. The van der Waals surface area contributed by atoms with E-state index in [-0.39, 0.29) is 36.0 Å². The highest BCUT2D eigenvalue weighted by atomic mass is 35.5. The van der Waals surface area contributed by atoms with Crippen LogP contribution in [-0.2, 0) is 4.79 Å². The predicted octanol–water partition coefficient (Wildman–Crippen LogP) is 2.46. The SMILES string of the molecule is COc1c(F)cc(NC(=O)C2CCC(N)C2)cc1F.Cl. The number of carbonyl (C=O) groups is 1. The summed E-state index contributed by atoms with van der Waals surface area (Å²) in [5, 5.41) is 2.51. The fraction of sp³-hybridized carbons (Fsp3) is 0.462. The third-order valence-electron chi connectivity index (χ3n) is 3.31. The molecule has 1 amide bonds. The van der Waals surface area contributed by atoms with E-state index in [0.29, 0.717) is 12.8 Å². The summed E-state index contributed by atoms with van der Waals surface area (Å²) in [6.45, 7) is 0. The quantitative estimate of drug-likeness (QED) is 0.901. The molecule has 1 aromatic carbocycles. The standard InChI is InChI=1S/C13H16F2N2O2.ClH/c1-19-12-10(14)5-9(6-11(12)15)17-13(18)7-2-3-8(16)4-7;/h5-8H,2-4,16H2,1H3,(H,17,18);1H. The second kappa shape index (κ2) is 6.85. The van der Waals surface area contributed by atoms with E-state index in [1.54, 1.807) is 0 Å². The maximum atomic E-state index is 13.5. The van der Waals surface area contributed by atoms with Gasteiger partial charge in [0.15, 0.2) is 17.4 Å². The zero-order valence-corrected chi connectivity index (χ0v) is 11.8. The Bertz CT molecular complexity index is 476. The Hall–Kier alpha value is -1.40. The van der Waals surface area contributed by atoms with Gasteiger partial charge in [-0.25, -0.2) is 8.78 Å². The van der Waals surface area contributed by atoms with E-state index in [0.717, 1.165) is 18.6 Å². The monoisotopic (exact) mass is 306 g/mol. The van der Waals surface area contributed by atoms with Crippen LogP contribution in [0.3, 0.4) is 0 Å². The zero-order chi connectivity index (χ0) is 14.0. The molecule has 1 aromatic rings. The molecule has 7 heteroatoms. The van der Waals surface area contributed by atoms with Crippen LogP contribution >= 0.6 is 12.4 Å². The number of rotatable bonds is 3. The molecule has 0 radical (unpaired) electrons. The summed E-state index contributed by atoms with van der Waals surface area (Å²) >= 11 is 0. The molecular weight excluding hydrogens is 290 g/mol. The largest absolute Gasteiger partial charge is 0.491 e. The van der Waals surface area contributed by atoms with Gasteiger partial charge in [0.2, 0.25) is 5.91 Å². The van der Waals surface area contributed by atoms with Crippen molar-refractivity contribution >= 4 is 24.0 Å². The van der Waals surface area contributed by atoms with Crippen molar-refractivity contribution in [1.29, 1.82) is 0 Å². The topological polar surface area (TPSA) is 64.3 Å². The summed E-state index contributed by atoms with van der Waals surface area (Å²) in [7, 11) is 1.18. The molecule has 0 aliphatic heterocycles. The third-order valence-corrected chi connectivity index (χ3v) is 3.31. The fourth-order valence-corrected chi connectivity index (χ4v) is 2.33. The lowest BCUT2D eigenvalue weighted by Crippen LogP contribution is -2.23. The van der Waals surface area contributed by atoms with Crippen molar-refractivity contribution in [2.45, 2.75) is 25.3 Å². The number of nitrogens with one attached hydrogen (secondary N) is 1. The Labute approximate surface area is 122 Å². The first-order chi connectivity index (χ1) is 9.01. The number of carbonyl (C=O) groups excluding carboxylic acids is 1. The first kappa shape index (κ1) is 16.7. The van der Waals surface area contributed by atoms with Crippen LogP contribution in [0.4, 0.5) is 14.5 Å². The maximum absolute atomic E-state index is 13.5. The lowest BCUT2D eigenvalue weighted by atomic mass is 10.1. The Morgan fingerprint density at radius 2 is 1.95 bits per heavy atom. The minimum Gasteiger partial charge on any atom is -0.491 e. The minimum atomic E-state index is -0.846. The van der Waals surface area contributed by atoms with Crippen molar-refractivity contribution in [2.75, 3.05) is 12.4 Å². The fourth-order valence-electron chi connectivity index (χ4n) is 2.33. The molecule has 1 fully saturated rings. The maximum Gasteiger partial charge on any atom is 0.227 e. The lowest BCUT2D eigenvalue weighted by Gasteiger charge is -2.12. The molecule has 2 rings (SSSR count). The van der Waals surface area contributed by atoms with E-state index in [1.807, 2.05) is 0 Å². The highest BCUT2D eigenvalue weighted by molar-refractivity contribution is 5.92. The predicted molar refractivity (Wildman–Crippen MR) is 74.1 cm³/mol. The van der Waals surface area contributed by atoms with E-state index in [9.17, 15) is 13.6 Å². The first-order valence-corrected chi connectivity index (χ1v) is 6.10. The number of benzene rings is 1. The molecular formula is C13H17ClF2N2O2. The van der Waals surface area contributed by atoms with Crippen LogP contribution in [0, 0.1) is 17.6 Å². The minimum absolute atomic E-state index is 0. The van der Waals surface area contributed by atoms with Crippen molar-refractivity contribution in [3.05, 3.63) is 23.8 Å². The van der Waals surface area contributed by atoms with Crippen molar-refractivity contribution in [1.82, 2.24) is 0 Å². The van der Waals surface area contributed by atoms with Crippen LogP contribution in [0.1, 0.15) is 19.3 Å². The Morgan fingerprint density at radius 1 is 1.35 bits per heavy atom. The lowest BCUT2D eigenvalue weighted by molar-refractivity contribution is -0.119. The van der Waals surface area contributed by atoms with E-state index >= 15 is 0 Å². The highest BCUT2D eigenvalue weighted by Crippen LogP contribution is 2.28. The van der Waals surface area contributed by atoms with Gasteiger partial charge in [0.05, 0.1) is 7.11 Å². The van der Waals surface area contributed by atoms with Gasteiger partial charge in [0, 0.05) is 29.8 Å². The molecule has 4 nitrogen and oxygen atoms in total. The molecule has 1 saturated carbocycles. The number of anilines is 1. The molecule has 2 atom stereocenters. The van der Waals surface area contributed by atoms with Gasteiger partial charge in [0.25, 0.3) is 0 Å². The number of hydrogen-bond acceptors (Lipinski definition) is 3.